The summed E-state index contributed by atoms with van der Waals surface area (Å²) < 4.78 is 12.0. The molecule has 2 aliphatic heterocycles. The fraction of sp³-hybridized carbons (Fsp3) is 0.417. The van der Waals surface area contributed by atoms with Gasteiger partial charge < -0.3 is 9.47 Å². The molecule has 0 aliphatic carbocycles. The van der Waals surface area contributed by atoms with Gasteiger partial charge in [-0.15, -0.1) is 0 Å². The number of hydrogen-bond donors (Lipinski definition) is 0. The van der Waals surface area contributed by atoms with Gasteiger partial charge in [-0.3, -0.25) is 0 Å². The largest absolute Gasteiger partial charge is 0.475 e. The van der Waals surface area contributed by atoms with Crippen LogP contribution in [-0.4, -0.2) is 37.1 Å². The van der Waals surface area contributed by atoms with Gasteiger partial charge in [-0.05, 0) is 35.1 Å². The highest BCUT2D eigenvalue weighted by molar-refractivity contribution is 6.07. The van der Waals surface area contributed by atoms with E-state index in [0.717, 1.165) is 34.0 Å². The highest BCUT2D eigenvalue weighted by Gasteiger charge is 2.27. The minimum absolute atomic E-state index is 0.215. The maximum atomic E-state index is 5.98. The van der Waals surface area contributed by atoms with Crippen molar-refractivity contribution < 1.29 is 9.47 Å². The Morgan fingerprint density at radius 1 is 0.643 bits per heavy atom. The van der Waals surface area contributed by atoms with Crippen LogP contribution in [0.25, 0.3) is 11.1 Å². The molecule has 0 N–H and O–H groups in total. The number of benzene rings is 2. The van der Waals surface area contributed by atoms with Crippen LogP contribution in [0.1, 0.15) is 38.8 Å². The molecule has 2 aromatic carbocycles. The van der Waals surface area contributed by atoms with E-state index in [1.54, 1.807) is 0 Å². The fourth-order valence-electron chi connectivity index (χ4n) is 3.57. The van der Waals surface area contributed by atoms with E-state index < -0.39 is 0 Å². The smallest absolute Gasteiger partial charge is 0.217 e. The molecule has 0 saturated carbocycles. The van der Waals surface area contributed by atoms with Crippen molar-refractivity contribution in [3.8, 4) is 11.1 Å². The highest BCUT2D eigenvalue weighted by atomic mass is 16.5. The minimum atomic E-state index is 0.215. The van der Waals surface area contributed by atoms with Crippen molar-refractivity contribution in [2.24, 2.45) is 21.8 Å². The predicted molar refractivity (Wildman–Crippen MR) is 114 cm³/mol. The Hall–Kier alpha value is -2.62. The lowest BCUT2D eigenvalue weighted by atomic mass is 9.95. The van der Waals surface area contributed by atoms with Gasteiger partial charge in [0.15, 0.2) is 0 Å². The topological polar surface area (TPSA) is 43.2 Å². The lowest BCUT2D eigenvalue weighted by Crippen LogP contribution is -2.13. The Morgan fingerprint density at radius 2 is 1.00 bits per heavy atom. The van der Waals surface area contributed by atoms with E-state index in [4.69, 9.17) is 19.5 Å². The van der Waals surface area contributed by atoms with Crippen LogP contribution in [0, 0.1) is 11.8 Å². The van der Waals surface area contributed by atoms with Gasteiger partial charge in [0, 0.05) is 11.1 Å². The van der Waals surface area contributed by atoms with Crippen molar-refractivity contribution in [2.45, 2.75) is 39.8 Å². The first-order valence-corrected chi connectivity index (χ1v) is 10.1. The molecule has 146 valence electrons. The third kappa shape index (κ3) is 3.56. The molecule has 0 spiro atoms. The SMILES string of the molecule is CC(C)C1COC(c2ccccc2-c2ccccc2C2=NC(C(C)C)CO2)=N1. The molecule has 2 atom stereocenters. The lowest BCUT2D eigenvalue weighted by Gasteiger charge is -2.13. The van der Waals surface area contributed by atoms with E-state index in [1.807, 2.05) is 12.1 Å². The Labute approximate surface area is 167 Å². The summed E-state index contributed by atoms with van der Waals surface area (Å²) in [7, 11) is 0. The van der Waals surface area contributed by atoms with Crippen LogP contribution < -0.4 is 0 Å². The van der Waals surface area contributed by atoms with Gasteiger partial charge in [-0.1, -0.05) is 64.1 Å². The fourth-order valence-corrected chi connectivity index (χ4v) is 3.57. The minimum Gasteiger partial charge on any atom is -0.475 e. The third-order valence-corrected chi connectivity index (χ3v) is 5.49. The first kappa shape index (κ1) is 18.7. The van der Waals surface area contributed by atoms with Crippen molar-refractivity contribution in [3.63, 3.8) is 0 Å². The summed E-state index contributed by atoms with van der Waals surface area (Å²) in [5.41, 5.74) is 4.25. The van der Waals surface area contributed by atoms with E-state index in [9.17, 15) is 0 Å². The number of aliphatic imine (C=N–C) groups is 2. The van der Waals surface area contributed by atoms with Crippen molar-refractivity contribution in [2.75, 3.05) is 13.2 Å². The second-order valence-corrected chi connectivity index (χ2v) is 8.20. The quantitative estimate of drug-likeness (QED) is 0.740. The molecule has 0 radical (unpaired) electrons. The van der Waals surface area contributed by atoms with E-state index in [0.29, 0.717) is 25.0 Å². The molecule has 4 rings (SSSR count). The molecule has 4 nitrogen and oxygen atoms in total. The van der Waals surface area contributed by atoms with Gasteiger partial charge in [0.05, 0.1) is 12.1 Å². The van der Waals surface area contributed by atoms with Crippen LogP contribution in [0.2, 0.25) is 0 Å². The van der Waals surface area contributed by atoms with E-state index in [2.05, 4.69) is 64.1 Å². The molecule has 28 heavy (non-hydrogen) atoms. The molecule has 0 aromatic heterocycles. The summed E-state index contributed by atoms with van der Waals surface area (Å²) >= 11 is 0. The van der Waals surface area contributed by atoms with Crippen molar-refractivity contribution in [1.29, 1.82) is 0 Å². The normalized spacial score (nSPS) is 21.5. The van der Waals surface area contributed by atoms with Crippen LogP contribution in [0.4, 0.5) is 0 Å². The molecule has 2 aromatic rings. The third-order valence-electron chi connectivity index (χ3n) is 5.49. The maximum Gasteiger partial charge on any atom is 0.217 e. The lowest BCUT2D eigenvalue weighted by molar-refractivity contribution is 0.291. The Balaban J connectivity index is 1.76. The van der Waals surface area contributed by atoms with Crippen LogP contribution in [-0.2, 0) is 9.47 Å². The summed E-state index contributed by atoms with van der Waals surface area (Å²) in [4.78, 5) is 9.68. The molecular formula is C24H28N2O2. The average molecular weight is 377 g/mol. The van der Waals surface area contributed by atoms with Crippen LogP contribution >= 0.6 is 0 Å². The summed E-state index contributed by atoms with van der Waals surface area (Å²) in [5, 5.41) is 0. The standard InChI is InChI=1S/C24H28N2O2/c1-15(2)21-13-27-23(25-21)19-11-7-5-9-17(19)18-10-6-8-12-20(18)24-26-22(14-28-24)16(3)4/h5-12,15-16,21-22H,13-14H2,1-4H3. The Kier molecular flexibility index (Phi) is 5.21. The highest BCUT2D eigenvalue weighted by Crippen LogP contribution is 2.31. The van der Waals surface area contributed by atoms with Gasteiger partial charge >= 0.3 is 0 Å². The first-order chi connectivity index (χ1) is 13.5. The van der Waals surface area contributed by atoms with Crippen molar-refractivity contribution in [1.82, 2.24) is 0 Å². The van der Waals surface area contributed by atoms with Gasteiger partial charge in [-0.25, -0.2) is 9.98 Å². The van der Waals surface area contributed by atoms with E-state index in [-0.39, 0.29) is 12.1 Å². The summed E-state index contributed by atoms with van der Waals surface area (Å²) in [6.45, 7) is 10.0. The molecule has 2 heterocycles. The van der Waals surface area contributed by atoms with Gasteiger partial charge in [0.25, 0.3) is 0 Å². The molecule has 4 heteroatoms. The zero-order valence-electron chi connectivity index (χ0n) is 17.1. The molecule has 0 fully saturated rings. The first-order valence-electron chi connectivity index (χ1n) is 10.1. The monoisotopic (exact) mass is 376 g/mol. The van der Waals surface area contributed by atoms with Crippen LogP contribution in [0.5, 0.6) is 0 Å². The summed E-state index contributed by atoms with van der Waals surface area (Å²) in [6, 6.07) is 17.0. The molecule has 2 unspecified atom stereocenters. The molecular weight excluding hydrogens is 348 g/mol. The van der Waals surface area contributed by atoms with Gasteiger partial charge in [0.2, 0.25) is 11.8 Å². The van der Waals surface area contributed by atoms with Gasteiger partial charge in [0.1, 0.15) is 13.2 Å². The number of rotatable bonds is 5. The number of nitrogens with zero attached hydrogens (tertiary/aromatic N) is 2. The summed E-state index contributed by atoms with van der Waals surface area (Å²) in [5.74, 6) is 2.40. The zero-order valence-corrected chi connectivity index (χ0v) is 17.1. The van der Waals surface area contributed by atoms with Crippen molar-refractivity contribution in [3.05, 3.63) is 59.7 Å². The van der Waals surface area contributed by atoms with Crippen LogP contribution in [0.3, 0.4) is 0 Å². The van der Waals surface area contributed by atoms with Crippen LogP contribution in [0.15, 0.2) is 58.5 Å². The second kappa shape index (κ2) is 7.78. The number of ether oxygens (including phenoxy) is 2. The predicted octanol–water partition coefficient (Wildman–Crippen LogP) is 4.96. The molecule has 0 amide bonds. The molecule has 2 aliphatic rings. The Morgan fingerprint density at radius 3 is 1.32 bits per heavy atom. The average Bonchev–Trinajstić information content (AvgIpc) is 3.38. The second-order valence-electron chi connectivity index (χ2n) is 8.20. The van der Waals surface area contributed by atoms with Gasteiger partial charge in [-0.2, -0.15) is 0 Å². The summed E-state index contributed by atoms with van der Waals surface area (Å²) in [6.07, 6.45) is 0. The molecule has 0 saturated heterocycles. The maximum absolute atomic E-state index is 5.98. The zero-order chi connectivity index (χ0) is 19.7. The molecule has 0 bridgehead atoms. The Bertz CT molecular complexity index is 839. The van der Waals surface area contributed by atoms with E-state index >= 15 is 0 Å². The van der Waals surface area contributed by atoms with Crippen molar-refractivity contribution >= 4 is 11.8 Å². The van der Waals surface area contributed by atoms with E-state index in [1.165, 1.54) is 0 Å². The number of hydrogen-bond acceptors (Lipinski definition) is 4.